The lowest BCUT2D eigenvalue weighted by Gasteiger charge is -2.31. The summed E-state index contributed by atoms with van der Waals surface area (Å²) in [6.07, 6.45) is 1.67. The first kappa shape index (κ1) is 21.2. The maximum absolute atomic E-state index is 12.8. The van der Waals surface area contributed by atoms with Crippen molar-refractivity contribution in [3.8, 4) is 5.75 Å². The fourth-order valence-electron chi connectivity index (χ4n) is 4.34. The van der Waals surface area contributed by atoms with Crippen LogP contribution in [0, 0.1) is 5.92 Å². The van der Waals surface area contributed by atoms with Crippen LogP contribution in [-0.4, -0.2) is 39.6 Å². The molecular formula is C24H30N4O3. The first-order chi connectivity index (χ1) is 15.0. The van der Waals surface area contributed by atoms with E-state index in [9.17, 15) is 9.59 Å². The molecule has 0 atom stereocenters. The number of imidazole rings is 1. The Hall–Kier alpha value is -3.06. The molecule has 3 aromatic rings. The second kappa shape index (κ2) is 8.98. The first-order valence-corrected chi connectivity index (χ1v) is 10.9. The van der Waals surface area contributed by atoms with Crippen LogP contribution in [0.2, 0.25) is 0 Å². The van der Waals surface area contributed by atoms with E-state index in [1.165, 1.54) is 5.56 Å². The van der Waals surface area contributed by atoms with Crippen molar-refractivity contribution >= 4 is 22.6 Å². The quantitative estimate of drug-likeness (QED) is 0.663. The molecule has 7 heteroatoms. The topological polar surface area (TPSA) is 68.5 Å². The minimum absolute atomic E-state index is 0.00120. The highest BCUT2D eigenvalue weighted by Gasteiger charge is 2.25. The predicted octanol–water partition coefficient (Wildman–Crippen LogP) is 3.13. The molecule has 1 fully saturated rings. The monoisotopic (exact) mass is 422 g/mol. The highest BCUT2D eigenvalue weighted by molar-refractivity contribution is 5.94. The number of nitrogens with one attached hydrogen (secondary N) is 1. The van der Waals surface area contributed by atoms with E-state index in [0.29, 0.717) is 6.61 Å². The standard InChI is InChI=1S/C24H30N4O3/c1-4-31-20-7-5-6-17(14-20)16-28-12-10-18(11-13-28)23(29)25-19-8-9-21-22(15-19)27(3)24(30)26(21)2/h5-9,14-15,18H,4,10-13,16H2,1-3H3,(H,25,29). The second-order valence-electron chi connectivity index (χ2n) is 8.22. The van der Waals surface area contributed by atoms with E-state index in [1.807, 2.05) is 37.3 Å². The van der Waals surface area contributed by atoms with Crippen LogP contribution in [0.1, 0.15) is 25.3 Å². The summed E-state index contributed by atoms with van der Waals surface area (Å²) in [6.45, 7) is 5.30. The van der Waals surface area contributed by atoms with Gasteiger partial charge < -0.3 is 10.1 Å². The van der Waals surface area contributed by atoms with Crippen molar-refractivity contribution in [2.45, 2.75) is 26.3 Å². The molecule has 1 aliphatic rings. The number of carbonyl (C=O) groups is 1. The lowest BCUT2D eigenvalue weighted by Crippen LogP contribution is -2.37. The second-order valence-corrected chi connectivity index (χ2v) is 8.22. The predicted molar refractivity (Wildman–Crippen MR) is 122 cm³/mol. The van der Waals surface area contributed by atoms with Crippen LogP contribution in [0.15, 0.2) is 47.3 Å². The molecule has 0 bridgehead atoms. The number of hydrogen-bond acceptors (Lipinski definition) is 4. The molecule has 0 spiro atoms. The lowest BCUT2D eigenvalue weighted by atomic mass is 9.95. The Kier molecular flexibility index (Phi) is 6.13. The highest BCUT2D eigenvalue weighted by Crippen LogP contribution is 2.23. The summed E-state index contributed by atoms with van der Waals surface area (Å²) in [5.41, 5.74) is 3.56. The van der Waals surface area contributed by atoms with Crippen LogP contribution >= 0.6 is 0 Å². The van der Waals surface area contributed by atoms with Crippen LogP contribution in [0.3, 0.4) is 0 Å². The number of hydrogen-bond donors (Lipinski definition) is 1. The van der Waals surface area contributed by atoms with Crippen molar-refractivity contribution in [1.29, 1.82) is 0 Å². The first-order valence-electron chi connectivity index (χ1n) is 10.9. The number of anilines is 1. The van der Waals surface area contributed by atoms with Gasteiger partial charge in [-0.15, -0.1) is 0 Å². The maximum Gasteiger partial charge on any atom is 0.328 e. The van der Waals surface area contributed by atoms with Crippen molar-refractivity contribution in [2.24, 2.45) is 20.0 Å². The molecule has 0 unspecified atom stereocenters. The number of ether oxygens (including phenoxy) is 1. The number of piperidine rings is 1. The van der Waals surface area contributed by atoms with Crippen molar-refractivity contribution in [3.05, 3.63) is 58.5 Å². The Morgan fingerprint density at radius 3 is 2.55 bits per heavy atom. The van der Waals surface area contributed by atoms with Gasteiger partial charge in [0.05, 0.1) is 17.6 Å². The zero-order valence-electron chi connectivity index (χ0n) is 18.4. The van der Waals surface area contributed by atoms with Gasteiger partial charge in [0.25, 0.3) is 0 Å². The minimum Gasteiger partial charge on any atom is -0.494 e. The van der Waals surface area contributed by atoms with Gasteiger partial charge in [-0.05, 0) is 68.8 Å². The van der Waals surface area contributed by atoms with Gasteiger partial charge in [0, 0.05) is 32.2 Å². The molecule has 0 saturated carbocycles. The lowest BCUT2D eigenvalue weighted by molar-refractivity contribution is -0.121. The van der Waals surface area contributed by atoms with Crippen LogP contribution in [0.5, 0.6) is 5.75 Å². The zero-order chi connectivity index (χ0) is 22.0. The Balaban J connectivity index is 1.34. The van der Waals surface area contributed by atoms with Gasteiger partial charge in [0.15, 0.2) is 0 Å². The van der Waals surface area contributed by atoms with Crippen molar-refractivity contribution in [3.63, 3.8) is 0 Å². The number of rotatable bonds is 6. The largest absolute Gasteiger partial charge is 0.494 e. The molecule has 2 heterocycles. The summed E-state index contributed by atoms with van der Waals surface area (Å²) in [6, 6.07) is 13.8. The third-order valence-corrected chi connectivity index (χ3v) is 6.11. The number of amides is 1. The molecular weight excluding hydrogens is 392 g/mol. The van der Waals surface area contributed by atoms with Crippen molar-refractivity contribution in [1.82, 2.24) is 14.0 Å². The summed E-state index contributed by atoms with van der Waals surface area (Å²) < 4.78 is 8.80. The van der Waals surface area contributed by atoms with E-state index < -0.39 is 0 Å². The summed E-state index contributed by atoms with van der Waals surface area (Å²) in [5, 5.41) is 3.05. The normalized spacial score (nSPS) is 15.3. The number of aryl methyl sites for hydroxylation is 2. The molecule has 1 N–H and O–H groups in total. The third kappa shape index (κ3) is 4.51. The molecule has 4 rings (SSSR count). The number of nitrogens with zero attached hydrogens (tertiary/aromatic N) is 3. The van der Waals surface area contributed by atoms with Gasteiger partial charge in [-0.2, -0.15) is 0 Å². The molecule has 1 saturated heterocycles. The molecule has 0 aliphatic carbocycles. The van der Waals surface area contributed by atoms with Gasteiger partial charge in [0.2, 0.25) is 5.91 Å². The van der Waals surface area contributed by atoms with Crippen LogP contribution in [0.4, 0.5) is 5.69 Å². The molecule has 7 nitrogen and oxygen atoms in total. The molecule has 31 heavy (non-hydrogen) atoms. The zero-order valence-corrected chi connectivity index (χ0v) is 18.4. The molecule has 1 aromatic heterocycles. The van der Waals surface area contributed by atoms with E-state index in [4.69, 9.17) is 4.74 Å². The molecule has 0 radical (unpaired) electrons. The Morgan fingerprint density at radius 1 is 1.06 bits per heavy atom. The highest BCUT2D eigenvalue weighted by atomic mass is 16.5. The van der Waals surface area contributed by atoms with E-state index in [-0.39, 0.29) is 17.5 Å². The van der Waals surface area contributed by atoms with Crippen molar-refractivity contribution in [2.75, 3.05) is 25.0 Å². The number of fused-ring (bicyclic) bond motifs is 1. The van der Waals surface area contributed by atoms with Crippen LogP contribution < -0.4 is 15.7 Å². The number of carbonyl (C=O) groups excluding carboxylic acids is 1. The summed E-state index contributed by atoms with van der Waals surface area (Å²) in [7, 11) is 3.50. The minimum atomic E-state index is -0.0716. The molecule has 1 amide bonds. The van der Waals surface area contributed by atoms with E-state index >= 15 is 0 Å². The van der Waals surface area contributed by atoms with Gasteiger partial charge in [0.1, 0.15) is 5.75 Å². The maximum atomic E-state index is 12.8. The van der Waals surface area contributed by atoms with E-state index in [0.717, 1.165) is 54.9 Å². The number of likely N-dealkylation sites (tertiary alicyclic amines) is 1. The van der Waals surface area contributed by atoms with Gasteiger partial charge in [-0.1, -0.05) is 12.1 Å². The van der Waals surface area contributed by atoms with E-state index in [1.54, 1.807) is 23.2 Å². The van der Waals surface area contributed by atoms with Gasteiger partial charge in [-0.3, -0.25) is 18.8 Å². The average Bonchev–Trinajstić information content (AvgIpc) is 2.98. The number of benzene rings is 2. The van der Waals surface area contributed by atoms with Gasteiger partial charge >= 0.3 is 5.69 Å². The van der Waals surface area contributed by atoms with Crippen molar-refractivity contribution < 1.29 is 9.53 Å². The van der Waals surface area contributed by atoms with Gasteiger partial charge in [-0.25, -0.2) is 4.79 Å². The third-order valence-electron chi connectivity index (χ3n) is 6.11. The molecule has 164 valence electrons. The van der Waals surface area contributed by atoms with Crippen LogP contribution in [-0.2, 0) is 25.4 Å². The fraction of sp³-hybridized carbons (Fsp3) is 0.417. The fourth-order valence-corrected chi connectivity index (χ4v) is 4.34. The Bertz CT molecular complexity index is 1140. The van der Waals surface area contributed by atoms with E-state index in [2.05, 4.69) is 22.3 Å². The Labute approximate surface area is 182 Å². The molecule has 2 aromatic carbocycles. The summed E-state index contributed by atoms with van der Waals surface area (Å²) in [5.74, 6) is 0.960. The smallest absolute Gasteiger partial charge is 0.328 e. The Morgan fingerprint density at radius 2 is 1.81 bits per heavy atom. The average molecular weight is 423 g/mol. The molecule has 1 aliphatic heterocycles. The summed E-state index contributed by atoms with van der Waals surface area (Å²) >= 11 is 0. The summed E-state index contributed by atoms with van der Waals surface area (Å²) in [4.78, 5) is 27.3. The number of aromatic nitrogens is 2. The SMILES string of the molecule is CCOc1cccc(CN2CCC(C(=O)Nc3ccc4c(c3)n(C)c(=O)n4C)CC2)c1. The van der Waals surface area contributed by atoms with Crippen LogP contribution in [0.25, 0.3) is 11.0 Å².